The Kier molecular flexibility index (Phi) is 10.3. The Labute approximate surface area is 288 Å². The van der Waals surface area contributed by atoms with E-state index in [1.54, 1.807) is 0 Å². The standard InChI is InChI=1S/C42H46B2Cl2/c1-25-14-29(5)39(30(6)15-25)43(40-31(7)16-26(2)17-32(40)8)37-12-11-13-38(22-37)44(41-33(9)18-27(3)20-35(41)23-45)42-34(10)19-28(4)21-36(42)24-46/h11-22H,23-24H2,1-10H3. The molecule has 46 heavy (non-hydrogen) atoms. The highest BCUT2D eigenvalue weighted by Crippen LogP contribution is 2.17. The molecule has 0 aliphatic rings. The van der Waals surface area contributed by atoms with Crippen LogP contribution in [-0.2, 0) is 11.8 Å². The van der Waals surface area contributed by atoms with Crippen molar-refractivity contribution in [2.24, 2.45) is 0 Å². The van der Waals surface area contributed by atoms with Gasteiger partial charge in [-0.05, 0) is 80.4 Å². The number of hydrogen-bond donors (Lipinski definition) is 0. The minimum absolute atomic E-state index is 0.00952. The van der Waals surface area contributed by atoms with Gasteiger partial charge in [0.2, 0.25) is 13.4 Å². The molecule has 4 heteroatoms. The average molecular weight is 643 g/mol. The van der Waals surface area contributed by atoms with Crippen LogP contribution in [0.1, 0.15) is 66.8 Å². The maximum atomic E-state index is 6.74. The molecule has 0 atom stereocenters. The molecular weight excluding hydrogens is 597 g/mol. The van der Waals surface area contributed by atoms with Crippen LogP contribution >= 0.6 is 23.2 Å². The fraction of sp³-hybridized carbons (Fsp3) is 0.286. The second kappa shape index (κ2) is 13.9. The van der Waals surface area contributed by atoms with Crippen LogP contribution in [0.3, 0.4) is 0 Å². The lowest BCUT2D eigenvalue weighted by Gasteiger charge is -2.28. The Morgan fingerprint density at radius 2 is 0.674 bits per heavy atom. The summed E-state index contributed by atoms with van der Waals surface area (Å²) in [7, 11) is 0. The number of alkyl halides is 2. The van der Waals surface area contributed by atoms with Crippen molar-refractivity contribution in [1.29, 1.82) is 0 Å². The van der Waals surface area contributed by atoms with Crippen LogP contribution in [-0.4, -0.2) is 13.4 Å². The molecular formula is C42H46B2Cl2. The molecule has 0 bridgehead atoms. The normalized spacial score (nSPS) is 11.2. The van der Waals surface area contributed by atoms with E-state index < -0.39 is 0 Å². The van der Waals surface area contributed by atoms with Gasteiger partial charge in [0, 0.05) is 11.8 Å². The van der Waals surface area contributed by atoms with Crippen LogP contribution in [0.25, 0.3) is 0 Å². The highest BCUT2D eigenvalue weighted by atomic mass is 35.5. The van der Waals surface area contributed by atoms with Crippen LogP contribution in [0.4, 0.5) is 0 Å². The summed E-state index contributed by atoms with van der Waals surface area (Å²) in [5, 5.41) is 0. The van der Waals surface area contributed by atoms with Crippen molar-refractivity contribution in [1.82, 2.24) is 0 Å². The van der Waals surface area contributed by atoms with E-state index in [0.29, 0.717) is 11.8 Å². The second-order valence-electron chi connectivity index (χ2n) is 13.7. The van der Waals surface area contributed by atoms with Crippen molar-refractivity contribution in [2.75, 3.05) is 0 Å². The summed E-state index contributed by atoms with van der Waals surface area (Å²) in [6, 6.07) is 27.8. The Balaban J connectivity index is 1.87. The van der Waals surface area contributed by atoms with E-state index in [2.05, 4.69) is 142 Å². The Bertz CT molecular complexity index is 1770. The maximum absolute atomic E-state index is 6.74. The van der Waals surface area contributed by atoms with Crippen LogP contribution in [0.15, 0.2) is 72.8 Å². The molecule has 0 unspecified atom stereocenters. The van der Waals surface area contributed by atoms with Crippen LogP contribution in [0.2, 0.25) is 0 Å². The quantitative estimate of drug-likeness (QED) is 0.123. The summed E-state index contributed by atoms with van der Waals surface area (Å²) in [5.41, 5.74) is 23.3. The molecule has 5 aromatic rings. The molecule has 0 nitrogen and oxygen atoms in total. The largest absolute Gasteiger partial charge is 0.242 e. The predicted octanol–water partition coefficient (Wildman–Crippen LogP) is 7.28. The van der Waals surface area contributed by atoms with E-state index in [1.807, 2.05) is 0 Å². The lowest BCUT2D eigenvalue weighted by Crippen LogP contribution is -2.60. The van der Waals surface area contributed by atoms with Gasteiger partial charge in [-0.25, -0.2) is 0 Å². The molecule has 0 saturated heterocycles. The molecule has 0 amide bonds. The van der Waals surface area contributed by atoms with Gasteiger partial charge < -0.3 is 0 Å². The number of benzene rings is 5. The number of hydrogen-bond acceptors (Lipinski definition) is 0. The first-order valence-electron chi connectivity index (χ1n) is 16.4. The highest BCUT2D eigenvalue weighted by Gasteiger charge is 2.33. The lowest BCUT2D eigenvalue weighted by atomic mass is 9.31. The van der Waals surface area contributed by atoms with E-state index >= 15 is 0 Å². The van der Waals surface area contributed by atoms with Gasteiger partial charge in [0.05, 0.1) is 0 Å². The number of aryl methyl sites for hydroxylation is 10. The molecule has 0 radical (unpaired) electrons. The van der Waals surface area contributed by atoms with Crippen molar-refractivity contribution < 1.29 is 0 Å². The van der Waals surface area contributed by atoms with Crippen LogP contribution in [0.5, 0.6) is 0 Å². The summed E-state index contributed by atoms with van der Waals surface area (Å²) >= 11 is 13.5. The molecule has 5 rings (SSSR count). The third kappa shape index (κ3) is 6.62. The minimum Gasteiger partial charge on any atom is -0.122 e. The molecule has 0 spiro atoms. The van der Waals surface area contributed by atoms with Crippen molar-refractivity contribution >= 4 is 69.4 Å². The third-order valence-electron chi connectivity index (χ3n) is 9.73. The first kappa shape index (κ1) is 34.2. The van der Waals surface area contributed by atoms with Gasteiger partial charge in [0.25, 0.3) is 0 Å². The van der Waals surface area contributed by atoms with E-state index in [0.717, 1.165) is 0 Å². The summed E-state index contributed by atoms with van der Waals surface area (Å²) < 4.78 is 0. The fourth-order valence-corrected chi connectivity index (χ4v) is 8.79. The molecule has 0 fully saturated rings. The zero-order chi connectivity index (χ0) is 33.4. The summed E-state index contributed by atoms with van der Waals surface area (Å²) in [4.78, 5) is 0. The highest BCUT2D eigenvalue weighted by molar-refractivity contribution is 6.99. The third-order valence-corrected chi connectivity index (χ3v) is 10.3. The summed E-state index contributed by atoms with van der Waals surface area (Å²) in [6.07, 6.45) is 0. The number of halogens is 2. The van der Waals surface area contributed by atoms with Gasteiger partial charge >= 0.3 is 0 Å². The van der Waals surface area contributed by atoms with E-state index in [9.17, 15) is 0 Å². The molecule has 234 valence electrons. The zero-order valence-electron chi connectivity index (χ0n) is 29.3. The molecule has 0 saturated carbocycles. The number of rotatable bonds is 8. The van der Waals surface area contributed by atoms with Gasteiger partial charge in [0.15, 0.2) is 0 Å². The van der Waals surface area contributed by atoms with Gasteiger partial charge in [0.1, 0.15) is 0 Å². The molecule has 5 aromatic carbocycles. The lowest BCUT2D eigenvalue weighted by molar-refractivity contribution is 1.31. The Morgan fingerprint density at radius 1 is 0.391 bits per heavy atom. The second-order valence-corrected chi connectivity index (χ2v) is 14.3. The summed E-state index contributed by atoms with van der Waals surface area (Å²) in [6.45, 7) is 22.4. The van der Waals surface area contributed by atoms with Gasteiger partial charge in [-0.2, -0.15) is 0 Å². The van der Waals surface area contributed by atoms with Crippen molar-refractivity contribution in [2.45, 2.75) is 81.0 Å². The molecule has 0 aliphatic carbocycles. The molecule has 0 N–H and O–H groups in total. The summed E-state index contributed by atoms with van der Waals surface area (Å²) in [5.74, 6) is 0.919. The topological polar surface area (TPSA) is 0 Å². The SMILES string of the molecule is Cc1cc(C)c(B(c2cccc(B(c3c(C)cc(C)cc3CCl)c3c(C)cc(C)cc3CCl)c2)c2c(C)cc(C)cc2C)c(C)c1. The van der Waals surface area contributed by atoms with Crippen LogP contribution in [0, 0.1) is 69.2 Å². The predicted molar refractivity (Wildman–Crippen MR) is 208 cm³/mol. The van der Waals surface area contributed by atoms with Gasteiger partial charge in [-0.15, -0.1) is 23.2 Å². The van der Waals surface area contributed by atoms with E-state index in [4.69, 9.17) is 23.2 Å². The monoisotopic (exact) mass is 642 g/mol. The van der Waals surface area contributed by atoms with Gasteiger partial charge in [-0.1, -0.05) is 161 Å². The molecule has 0 aromatic heterocycles. The van der Waals surface area contributed by atoms with E-state index in [1.165, 1.54) is 99.5 Å². The zero-order valence-corrected chi connectivity index (χ0v) is 30.8. The van der Waals surface area contributed by atoms with Crippen molar-refractivity contribution in [3.8, 4) is 0 Å². The maximum Gasteiger partial charge on any atom is 0.242 e. The van der Waals surface area contributed by atoms with Gasteiger partial charge in [-0.3, -0.25) is 0 Å². The first-order chi connectivity index (χ1) is 21.8. The minimum atomic E-state index is -0.00952. The van der Waals surface area contributed by atoms with E-state index in [-0.39, 0.29) is 13.4 Å². The Morgan fingerprint density at radius 3 is 1.00 bits per heavy atom. The smallest absolute Gasteiger partial charge is 0.122 e. The van der Waals surface area contributed by atoms with Crippen molar-refractivity contribution in [3.05, 3.63) is 140 Å². The molecule has 0 heterocycles. The fourth-order valence-electron chi connectivity index (χ4n) is 8.35. The van der Waals surface area contributed by atoms with Crippen LogP contribution < -0.4 is 32.8 Å². The first-order valence-corrected chi connectivity index (χ1v) is 17.5. The molecule has 0 aliphatic heterocycles. The van der Waals surface area contributed by atoms with Crippen molar-refractivity contribution in [3.63, 3.8) is 0 Å². The average Bonchev–Trinajstić information content (AvgIpc) is 2.97. The Hall–Kier alpha value is -3.19.